The number of nitrogens with zero attached hydrogens (tertiary/aromatic N) is 1. The molecule has 0 aliphatic carbocycles. The van der Waals surface area contributed by atoms with E-state index in [0.717, 1.165) is 0 Å². The Bertz CT molecular complexity index is 466. The predicted octanol–water partition coefficient (Wildman–Crippen LogP) is 4.05. The minimum absolute atomic E-state index is 0.0847. The molecule has 0 saturated heterocycles. The molecular formula is C9H5ClF3NOS. The maximum absolute atomic E-state index is 12.2. The van der Waals surface area contributed by atoms with Crippen LogP contribution in [0.1, 0.15) is 0 Å². The number of hydrogen-bond donors (Lipinski definition) is 0. The number of halogens is 4. The van der Waals surface area contributed by atoms with Crippen LogP contribution in [0.3, 0.4) is 0 Å². The van der Waals surface area contributed by atoms with Crippen LogP contribution in [0.25, 0.3) is 11.1 Å². The third-order valence-electron chi connectivity index (χ3n) is 1.74. The SMILES string of the molecule is FC(F)(F)C(Cl)Sc1nc2ccccc2o1. The number of oxazole rings is 1. The summed E-state index contributed by atoms with van der Waals surface area (Å²) in [6, 6.07) is 6.72. The molecule has 0 amide bonds. The van der Waals surface area contributed by atoms with Gasteiger partial charge in [-0.25, -0.2) is 4.98 Å². The molecule has 2 nitrogen and oxygen atoms in total. The quantitative estimate of drug-likeness (QED) is 0.606. The number of benzene rings is 1. The first kappa shape index (κ1) is 11.6. The summed E-state index contributed by atoms with van der Waals surface area (Å²) < 4.78 is 39.6. The van der Waals surface area contributed by atoms with E-state index in [4.69, 9.17) is 16.0 Å². The molecule has 1 atom stereocenters. The lowest BCUT2D eigenvalue weighted by molar-refractivity contribution is -0.114. The Hall–Kier alpha value is -0.880. The number of alkyl halides is 4. The summed E-state index contributed by atoms with van der Waals surface area (Å²) in [5, 5.41) is -0.0847. The second-order valence-electron chi connectivity index (χ2n) is 2.92. The third-order valence-corrected chi connectivity index (χ3v) is 3.10. The van der Waals surface area contributed by atoms with Crippen LogP contribution in [-0.4, -0.2) is 15.9 Å². The molecule has 0 aliphatic heterocycles. The Morgan fingerprint density at radius 3 is 2.62 bits per heavy atom. The van der Waals surface area contributed by atoms with Crippen molar-refractivity contribution in [1.29, 1.82) is 0 Å². The maximum atomic E-state index is 12.2. The molecule has 0 aliphatic rings. The van der Waals surface area contributed by atoms with Crippen LogP contribution in [0, 0.1) is 0 Å². The summed E-state index contributed by atoms with van der Waals surface area (Å²) in [7, 11) is 0. The summed E-state index contributed by atoms with van der Waals surface area (Å²) >= 11 is 5.50. The molecule has 16 heavy (non-hydrogen) atoms. The van der Waals surface area contributed by atoms with Gasteiger partial charge in [-0.1, -0.05) is 12.1 Å². The lowest BCUT2D eigenvalue weighted by atomic mass is 10.3. The minimum Gasteiger partial charge on any atom is -0.431 e. The van der Waals surface area contributed by atoms with Crippen LogP contribution >= 0.6 is 23.4 Å². The molecule has 0 bridgehead atoms. The third kappa shape index (κ3) is 2.44. The first-order valence-electron chi connectivity index (χ1n) is 4.20. The van der Waals surface area contributed by atoms with Crippen molar-refractivity contribution < 1.29 is 17.6 Å². The molecule has 2 aromatic rings. The Morgan fingerprint density at radius 1 is 1.31 bits per heavy atom. The molecule has 0 spiro atoms. The Morgan fingerprint density at radius 2 is 2.00 bits per heavy atom. The van der Waals surface area contributed by atoms with Crippen molar-refractivity contribution in [3.63, 3.8) is 0 Å². The molecule has 7 heteroatoms. The van der Waals surface area contributed by atoms with E-state index >= 15 is 0 Å². The first-order chi connectivity index (χ1) is 7.47. The van der Waals surface area contributed by atoms with Crippen molar-refractivity contribution in [3.05, 3.63) is 24.3 Å². The van der Waals surface area contributed by atoms with E-state index in [-0.39, 0.29) is 5.22 Å². The summed E-state index contributed by atoms with van der Waals surface area (Å²) in [5.41, 5.74) is 0.951. The molecule has 86 valence electrons. The van der Waals surface area contributed by atoms with Crippen molar-refractivity contribution >= 4 is 34.5 Å². The predicted molar refractivity (Wildman–Crippen MR) is 55.6 cm³/mol. The standard InChI is InChI=1S/C9H5ClF3NOS/c10-7(9(11,12)13)16-8-14-5-3-1-2-4-6(5)15-8/h1-4,7H. The van der Waals surface area contributed by atoms with Gasteiger partial charge in [0, 0.05) is 0 Å². The zero-order chi connectivity index (χ0) is 11.8. The fourth-order valence-corrected chi connectivity index (χ4v) is 1.89. The number of thioether (sulfide) groups is 1. The zero-order valence-corrected chi connectivity index (χ0v) is 9.23. The second-order valence-corrected chi connectivity index (χ2v) is 4.67. The average molecular weight is 268 g/mol. The number of fused-ring (bicyclic) bond motifs is 1. The van der Waals surface area contributed by atoms with Gasteiger partial charge in [-0.2, -0.15) is 13.2 Å². The van der Waals surface area contributed by atoms with E-state index in [1.165, 1.54) is 0 Å². The van der Waals surface area contributed by atoms with Crippen molar-refractivity contribution in [2.24, 2.45) is 0 Å². The van der Waals surface area contributed by atoms with Gasteiger partial charge in [-0.15, -0.1) is 11.6 Å². The molecule has 0 N–H and O–H groups in total. The Labute approximate surface area is 97.8 Å². The van der Waals surface area contributed by atoms with Gasteiger partial charge >= 0.3 is 6.18 Å². The number of para-hydroxylation sites is 2. The van der Waals surface area contributed by atoms with Crippen LogP contribution in [0.2, 0.25) is 0 Å². The van der Waals surface area contributed by atoms with Crippen molar-refractivity contribution in [2.75, 3.05) is 0 Å². The zero-order valence-electron chi connectivity index (χ0n) is 7.66. The van der Waals surface area contributed by atoms with Gasteiger partial charge in [0.05, 0.1) is 0 Å². The van der Waals surface area contributed by atoms with Crippen molar-refractivity contribution in [3.8, 4) is 0 Å². The summed E-state index contributed by atoms with van der Waals surface area (Å²) in [4.78, 5) is 3.88. The van der Waals surface area contributed by atoms with Gasteiger partial charge in [-0.05, 0) is 23.9 Å². The van der Waals surface area contributed by atoms with E-state index in [2.05, 4.69) is 4.98 Å². The van der Waals surface area contributed by atoms with Crippen molar-refractivity contribution in [1.82, 2.24) is 4.98 Å². The van der Waals surface area contributed by atoms with Gasteiger partial charge in [-0.3, -0.25) is 0 Å². The molecule has 0 fully saturated rings. The summed E-state index contributed by atoms with van der Waals surface area (Å²) in [6.07, 6.45) is -4.48. The molecule has 0 saturated carbocycles. The first-order valence-corrected chi connectivity index (χ1v) is 5.51. The fraction of sp³-hybridized carbons (Fsp3) is 0.222. The topological polar surface area (TPSA) is 26.0 Å². The maximum Gasteiger partial charge on any atom is 0.414 e. The molecule has 2 rings (SSSR count). The minimum atomic E-state index is -4.48. The summed E-state index contributed by atoms with van der Waals surface area (Å²) in [6.45, 7) is 0. The highest BCUT2D eigenvalue weighted by molar-refractivity contribution is 8.00. The highest BCUT2D eigenvalue weighted by Crippen LogP contribution is 2.38. The van der Waals surface area contributed by atoms with Gasteiger partial charge in [0.2, 0.25) is 0 Å². The Balaban J connectivity index is 2.22. The van der Waals surface area contributed by atoms with E-state index in [1.807, 2.05) is 0 Å². The molecule has 1 aromatic carbocycles. The van der Waals surface area contributed by atoms with Gasteiger partial charge in [0.15, 0.2) is 10.3 Å². The van der Waals surface area contributed by atoms with Crippen molar-refractivity contribution in [2.45, 2.75) is 16.1 Å². The number of aromatic nitrogens is 1. The van der Waals surface area contributed by atoms with E-state index in [9.17, 15) is 13.2 Å². The number of hydrogen-bond acceptors (Lipinski definition) is 3. The normalized spacial score (nSPS) is 14.2. The van der Waals surface area contributed by atoms with Crippen LogP contribution in [0.5, 0.6) is 0 Å². The lowest BCUT2D eigenvalue weighted by Gasteiger charge is -2.09. The fourth-order valence-electron chi connectivity index (χ4n) is 1.06. The van der Waals surface area contributed by atoms with Gasteiger partial charge < -0.3 is 4.42 Å². The average Bonchev–Trinajstić information content (AvgIpc) is 2.58. The number of rotatable bonds is 2. The van der Waals surface area contributed by atoms with Crippen LogP contribution in [0.15, 0.2) is 33.9 Å². The molecular weight excluding hydrogens is 263 g/mol. The summed E-state index contributed by atoms with van der Waals surface area (Å²) in [5.74, 6) is 0. The largest absolute Gasteiger partial charge is 0.431 e. The Kier molecular flexibility index (Phi) is 3.03. The highest BCUT2D eigenvalue weighted by atomic mass is 35.5. The molecule has 1 heterocycles. The smallest absolute Gasteiger partial charge is 0.414 e. The van der Waals surface area contributed by atoms with Gasteiger partial charge in [0.1, 0.15) is 5.52 Å². The molecule has 0 radical (unpaired) electrons. The van der Waals surface area contributed by atoms with Crippen LogP contribution in [0.4, 0.5) is 13.2 Å². The molecule has 1 unspecified atom stereocenters. The second kappa shape index (κ2) is 4.18. The molecule has 1 aromatic heterocycles. The van der Waals surface area contributed by atoms with E-state index in [1.54, 1.807) is 24.3 Å². The van der Waals surface area contributed by atoms with Crippen LogP contribution < -0.4 is 0 Å². The highest BCUT2D eigenvalue weighted by Gasteiger charge is 2.40. The van der Waals surface area contributed by atoms with E-state index in [0.29, 0.717) is 22.9 Å². The van der Waals surface area contributed by atoms with E-state index < -0.39 is 10.9 Å². The van der Waals surface area contributed by atoms with Crippen LogP contribution in [-0.2, 0) is 0 Å². The monoisotopic (exact) mass is 267 g/mol. The lowest BCUT2D eigenvalue weighted by Crippen LogP contribution is -2.19. The van der Waals surface area contributed by atoms with Gasteiger partial charge in [0.25, 0.3) is 5.22 Å².